The summed E-state index contributed by atoms with van der Waals surface area (Å²) in [5.74, 6) is -1.28. The summed E-state index contributed by atoms with van der Waals surface area (Å²) in [7, 11) is 0. The molecule has 0 aromatic carbocycles. The molecule has 1 aromatic rings. The van der Waals surface area contributed by atoms with E-state index in [-0.39, 0.29) is 11.6 Å². The van der Waals surface area contributed by atoms with Crippen molar-refractivity contribution in [1.29, 1.82) is 0 Å². The molecule has 0 radical (unpaired) electrons. The molecule has 0 fully saturated rings. The maximum absolute atomic E-state index is 10.4. The van der Waals surface area contributed by atoms with Crippen molar-refractivity contribution in [2.75, 3.05) is 0 Å². The van der Waals surface area contributed by atoms with Crippen molar-refractivity contribution in [2.24, 2.45) is 0 Å². The van der Waals surface area contributed by atoms with Gasteiger partial charge in [0, 0.05) is 17.1 Å². The van der Waals surface area contributed by atoms with Crippen molar-refractivity contribution in [3.8, 4) is 0 Å². The average Bonchev–Trinajstić information content (AvgIpc) is 2.11. The first-order valence-corrected chi connectivity index (χ1v) is 4.88. The van der Waals surface area contributed by atoms with E-state index in [0.717, 1.165) is 0 Å². The number of aromatic nitrogens is 1. The van der Waals surface area contributed by atoms with Crippen LogP contribution in [-0.2, 0) is 11.2 Å². The molecule has 1 rings (SSSR count). The van der Waals surface area contributed by atoms with Crippen LogP contribution in [-0.4, -0.2) is 27.3 Å². The summed E-state index contributed by atoms with van der Waals surface area (Å²) >= 11 is 8.88. The van der Waals surface area contributed by atoms with Crippen LogP contribution in [0.2, 0.25) is 5.15 Å². The van der Waals surface area contributed by atoms with Gasteiger partial charge in [0.15, 0.2) is 6.10 Å². The first-order chi connectivity index (χ1) is 6.50. The Bertz CT molecular complexity index is 358. The van der Waals surface area contributed by atoms with Crippen LogP contribution in [0.4, 0.5) is 0 Å². The van der Waals surface area contributed by atoms with Crippen LogP contribution in [0.1, 0.15) is 5.56 Å². The third-order valence-corrected chi connectivity index (χ3v) is 2.35. The number of rotatable bonds is 3. The number of halogens is 2. The number of nitrogens with zero attached hydrogens (tertiary/aromatic N) is 1. The Morgan fingerprint density at radius 3 is 2.93 bits per heavy atom. The van der Waals surface area contributed by atoms with Gasteiger partial charge in [0.05, 0.1) is 0 Å². The molecule has 6 heteroatoms. The molecule has 0 aliphatic rings. The Labute approximate surface area is 93.7 Å². The summed E-state index contributed by atoms with van der Waals surface area (Å²) in [6, 6.07) is 1.63. The van der Waals surface area contributed by atoms with Crippen LogP contribution in [0.3, 0.4) is 0 Å². The molecule has 0 aliphatic carbocycles. The van der Waals surface area contributed by atoms with Crippen molar-refractivity contribution < 1.29 is 15.0 Å². The Kier molecular flexibility index (Phi) is 3.86. The Morgan fingerprint density at radius 1 is 1.71 bits per heavy atom. The fourth-order valence-electron chi connectivity index (χ4n) is 0.903. The summed E-state index contributed by atoms with van der Waals surface area (Å²) in [5.41, 5.74) is 0.496. The van der Waals surface area contributed by atoms with Gasteiger partial charge in [0.1, 0.15) is 5.15 Å². The third kappa shape index (κ3) is 2.94. The molecule has 0 spiro atoms. The summed E-state index contributed by atoms with van der Waals surface area (Å²) in [4.78, 5) is 14.2. The molecule has 4 nitrogen and oxygen atoms in total. The highest BCUT2D eigenvalue weighted by Gasteiger charge is 2.16. The summed E-state index contributed by atoms with van der Waals surface area (Å²) in [6.07, 6.45) is -0.0110. The summed E-state index contributed by atoms with van der Waals surface area (Å²) in [5, 5.41) is 17.8. The number of carboxylic acids is 1. The molecular formula is C8H7BrClNO3. The number of hydrogen-bond donors (Lipinski definition) is 2. The number of aliphatic carboxylic acids is 1. The van der Waals surface area contributed by atoms with Gasteiger partial charge < -0.3 is 10.2 Å². The van der Waals surface area contributed by atoms with Crippen molar-refractivity contribution >= 4 is 33.5 Å². The number of aliphatic hydroxyl groups is 1. The van der Waals surface area contributed by atoms with Crippen LogP contribution in [0.15, 0.2) is 16.7 Å². The quantitative estimate of drug-likeness (QED) is 0.823. The van der Waals surface area contributed by atoms with E-state index in [0.29, 0.717) is 10.0 Å². The molecule has 1 heterocycles. The highest BCUT2D eigenvalue weighted by molar-refractivity contribution is 9.10. The highest BCUT2D eigenvalue weighted by Crippen LogP contribution is 2.19. The van der Waals surface area contributed by atoms with Gasteiger partial charge in [-0.05, 0) is 27.6 Å². The van der Waals surface area contributed by atoms with Crippen molar-refractivity contribution in [2.45, 2.75) is 12.5 Å². The van der Waals surface area contributed by atoms with Crippen LogP contribution in [0.25, 0.3) is 0 Å². The lowest BCUT2D eigenvalue weighted by atomic mass is 10.1. The summed E-state index contributed by atoms with van der Waals surface area (Å²) in [6.45, 7) is 0. The lowest BCUT2D eigenvalue weighted by Gasteiger charge is -2.06. The lowest BCUT2D eigenvalue weighted by molar-refractivity contribution is -0.146. The maximum Gasteiger partial charge on any atom is 0.332 e. The van der Waals surface area contributed by atoms with E-state index in [1.807, 2.05) is 0 Å². The molecule has 14 heavy (non-hydrogen) atoms. The zero-order valence-electron chi connectivity index (χ0n) is 6.94. The van der Waals surface area contributed by atoms with Gasteiger partial charge in [-0.15, -0.1) is 0 Å². The molecule has 76 valence electrons. The van der Waals surface area contributed by atoms with Crippen molar-refractivity contribution in [3.63, 3.8) is 0 Å². The largest absolute Gasteiger partial charge is 0.479 e. The second kappa shape index (κ2) is 4.72. The molecular weight excluding hydrogens is 273 g/mol. The van der Waals surface area contributed by atoms with E-state index in [1.54, 1.807) is 6.07 Å². The van der Waals surface area contributed by atoms with Gasteiger partial charge >= 0.3 is 5.97 Å². The number of carboxylic acid groups (broad SMARTS) is 1. The minimum Gasteiger partial charge on any atom is -0.479 e. The van der Waals surface area contributed by atoms with Gasteiger partial charge in [-0.2, -0.15) is 0 Å². The smallest absolute Gasteiger partial charge is 0.332 e. The van der Waals surface area contributed by atoms with Gasteiger partial charge in [-0.3, -0.25) is 0 Å². The van der Waals surface area contributed by atoms with E-state index in [1.165, 1.54) is 6.20 Å². The van der Waals surface area contributed by atoms with Crippen LogP contribution in [0.5, 0.6) is 0 Å². The van der Waals surface area contributed by atoms with E-state index < -0.39 is 12.1 Å². The van der Waals surface area contributed by atoms with E-state index in [2.05, 4.69) is 20.9 Å². The van der Waals surface area contributed by atoms with E-state index in [9.17, 15) is 4.79 Å². The lowest BCUT2D eigenvalue weighted by Crippen LogP contribution is -2.22. The van der Waals surface area contributed by atoms with E-state index in [4.69, 9.17) is 21.8 Å². The van der Waals surface area contributed by atoms with Crippen LogP contribution in [0, 0.1) is 0 Å². The first-order valence-electron chi connectivity index (χ1n) is 3.71. The Balaban J connectivity index is 2.85. The fourth-order valence-corrected chi connectivity index (χ4v) is 1.46. The highest BCUT2D eigenvalue weighted by atomic mass is 79.9. The number of hydrogen-bond acceptors (Lipinski definition) is 3. The topological polar surface area (TPSA) is 70.4 Å². The number of aliphatic hydroxyl groups excluding tert-OH is 1. The summed E-state index contributed by atoms with van der Waals surface area (Å²) < 4.78 is 0.689. The molecule has 0 bridgehead atoms. The second-order valence-electron chi connectivity index (χ2n) is 2.66. The standard InChI is InChI=1S/C8H7BrClNO3/c9-5-1-4(7(10)11-3-5)2-6(12)8(13)14/h1,3,6,12H,2H2,(H,13,14). The van der Waals surface area contributed by atoms with Gasteiger partial charge in [0.2, 0.25) is 0 Å². The molecule has 0 aliphatic heterocycles. The van der Waals surface area contributed by atoms with Gasteiger partial charge in [0.25, 0.3) is 0 Å². The predicted molar refractivity (Wildman–Crippen MR) is 54.3 cm³/mol. The maximum atomic E-state index is 10.4. The monoisotopic (exact) mass is 279 g/mol. The van der Waals surface area contributed by atoms with Crippen LogP contribution >= 0.6 is 27.5 Å². The van der Waals surface area contributed by atoms with Crippen molar-refractivity contribution in [1.82, 2.24) is 4.98 Å². The van der Waals surface area contributed by atoms with Crippen LogP contribution < -0.4 is 0 Å². The zero-order valence-corrected chi connectivity index (χ0v) is 9.29. The average molecular weight is 281 g/mol. The molecule has 1 atom stereocenters. The fraction of sp³-hybridized carbons (Fsp3) is 0.250. The number of carbonyl (C=O) groups is 1. The first kappa shape index (κ1) is 11.4. The third-order valence-electron chi connectivity index (χ3n) is 1.58. The molecule has 1 aromatic heterocycles. The minimum absolute atomic E-state index is 0.0550. The molecule has 0 saturated heterocycles. The SMILES string of the molecule is O=C(O)C(O)Cc1cc(Br)cnc1Cl. The predicted octanol–water partition coefficient (Wildman–Crippen LogP) is 1.49. The molecule has 0 saturated carbocycles. The van der Waals surface area contributed by atoms with Crippen molar-refractivity contribution in [3.05, 3.63) is 27.5 Å². The minimum atomic E-state index is -1.46. The second-order valence-corrected chi connectivity index (χ2v) is 3.94. The molecule has 2 N–H and O–H groups in total. The normalized spacial score (nSPS) is 12.5. The van der Waals surface area contributed by atoms with Gasteiger partial charge in [-0.25, -0.2) is 9.78 Å². The van der Waals surface area contributed by atoms with E-state index >= 15 is 0 Å². The van der Waals surface area contributed by atoms with Gasteiger partial charge in [-0.1, -0.05) is 11.6 Å². The zero-order chi connectivity index (χ0) is 10.7. The molecule has 1 unspecified atom stereocenters. The Morgan fingerprint density at radius 2 is 2.36 bits per heavy atom. The molecule has 0 amide bonds. The Hall–Kier alpha value is -0.650. The number of pyridine rings is 1.